The topological polar surface area (TPSA) is 93.0 Å². The lowest BCUT2D eigenvalue weighted by Gasteiger charge is -2.14. The first-order chi connectivity index (χ1) is 9.72. The van der Waals surface area contributed by atoms with E-state index in [9.17, 15) is 10.1 Å². The molecule has 0 aliphatic heterocycles. The van der Waals surface area contributed by atoms with E-state index in [4.69, 9.17) is 0 Å². The van der Waals surface area contributed by atoms with Crippen LogP contribution in [-0.4, -0.2) is 27.5 Å². The highest BCUT2D eigenvalue weighted by atomic mass is 16.6. The molecule has 0 bridgehead atoms. The minimum Gasteiger partial charge on any atom is -0.364 e. The molecule has 0 amide bonds. The van der Waals surface area contributed by atoms with Crippen LogP contribution >= 0.6 is 0 Å². The van der Waals surface area contributed by atoms with Gasteiger partial charge in [-0.1, -0.05) is 26.2 Å². The van der Waals surface area contributed by atoms with Crippen LogP contribution in [0.25, 0.3) is 0 Å². The van der Waals surface area contributed by atoms with Crippen molar-refractivity contribution in [3.05, 3.63) is 16.4 Å². The summed E-state index contributed by atoms with van der Waals surface area (Å²) in [5, 5.41) is 17.5. The summed E-state index contributed by atoms with van der Waals surface area (Å²) < 4.78 is 0. The van der Waals surface area contributed by atoms with Crippen LogP contribution < -0.4 is 10.6 Å². The summed E-state index contributed by atoms with van der Waals surface area (Å²) >= 11 is 0. The third-order valence-corrected chi connectivity index (χ3v) is 3.52. The molecule has 1 aliphatic carbocycles. The molecule has 1 heterocycles. The second-order valence-electron chi connectivity index (χ2n) is 5.08. The van der Waals surface area contributed by atoms with E-state index < -0.39 is 4.92 Å². The zero-order chi connectivity index (χ0) is 14.4. The van der Waals surface area contributed by atoms with Crippen LogP contribution in [0, 0.1) is 10.1 Å². The molecule has 0 radical (unpaired) electrons. The SMILES string of the molecule is CCCCNc1ncnc(NC2CCCC2)c1[N+](=O)[O-]. The molecule has 0 aromatic carbocycles. The predicted molar refractivity (Wildman–Crippen MR) is 78.0 cm³/mol. The number of anilines is 2. The minimum atomic E-state index is -0.411. The maximum Gasteiger partial charge on any atom is 0.353 e. The van der Waals surface area contributed by atoms with E-state index in [0.29, 0.717) is 18.2 Å². The zero-order valence-corrected chi connectivity index (χ0v) is 11.8. The van der Waals surface area contributed by atoms with Crippen LogP contribution in [-0.2, 0) is 0 Å². The maximum atomic E-state index is 11.3. The van der Waals surface area contributed by atoms with Crippen molar-refractivity contribution in [3.8, 4) is 0 Å². The predicted octanol–water partition coefficient (Wildman–Crippen LogP) is 2.95. The fourth-order valence-electron chi connectivity index (χ4n) is 2.43. The summed E-state index contributed by atoms with van der Waals surface area (Å²) in [5.74, 6) is 0.634. The number of aromatic nitrogens is 2. The number of nitrogens with zero attached hydrogens (tertiary/aromatic N) is 3. The molecule has 2 rings (SSSR count). The Balaban J connectivity index is 2.16. The van der Waals surface area contributed by atoms with Crippen LogP contribution in [0.2, 0.25) is 0 Å². The van der Waals surface area contributed by atoms with Crippen molar-refractivity contribution in [1.29, 1.82) is 0 Å². The Bertz CT molecular complexity index is 460. The molecule has 2 N–H and O–H groups in total. The molecular formula is C13H21N5O2. The molecule has 1 aromatic rings. The van der Waals surface area contributed by atoms with Crippen molar-refractivity contribution in [2.24, 2.45) is 0 Å². The summed E-state index contributed by atoms with van der Waals surface area (Å²) in [6.45, 7) is 2.75. The standard InChI is InChI=1S/C13H21N5O2/c1-2-3-8-14-12-11(18(19)20)13(16-9-15-12)17-10-6-4-5-7-10/h9-10H,2-8H2,1H3,(H2,14,15,16,17). The average Bonchev–Trinajstić information content (AvgIpc) is 2.92. The molecule has 7 nitrogen and oxygen atoms in total. The van der Waals surface area contributed by atoms with Gasteiger partial charge in [-0.05, 0) is 19.3 Å². The molecule has 0 unspecified atom stereocenters. The number of unbranched alkanes of at least 4 members (excludes halogenated alkanes) is 1. The van der Waals surface area contributed by atoms with E-state index in [0.717, 1.165) is 38.5 Å². The van der Waals surface area contributed by atoms with Gasteiger partial charge in [0.1, 0.15) is 6.33 Å². The van der Waals surface area contributed by atoms with Crippen molar-refractivity contribution in [2.75, 3.05) is 17.2 Å². The number of nitro groups is 1. The summed E-state index contributed by atoms with van der Waals surface area (Å²) in [6.07, 6.45) is 7.76. The summed E-state index contributed by atoms with van der Waals surface area (Å²) in [7, 11) is 0. The average molecular weight is 279 g/mol. The fourth-order valence-corrected chi connectivity index (χ4v) is 2.43. The van der Waals surface area contributed by atoms with E-state index in [1.165, 1.54) is 6.33 Å². The third-order valence-electron chi connectivity index (χ3n) is 3.52. The fraction of sp³-hybridized carbons (Fsp3) is 0.692. The molecule has 20 heavy (non-hydrogen) atoms. The van der Waals surface area contributed by atoms with Gasteiger partial charge in [-0.2, -0.15) is 0 Å². The van der Waals surface area contributed by atoms with Crippen molar-refractivity contribution >= 4 is 17.3 Å². The lowest BCUT2D eigenvalue weighted by molar-refractivity contribution is -0.383. The number of hydrogen-bond acceptors (Lipinski definition) is 6. The summed E-state index contributed by atoms with van der Waals surface area (Å²) in [5.41, 5.74) is -0.0458. The Morgan fingerprint density at radius 2 is 2.05 bits per heavy atom. The number of rotatable bonds is 7. The van der Waals surface area contributed by atoms with Crippen molar-refractivity contribution in [2.45, 2.75) is 51.5 Å². The van der Waals surface area contributed by atoms with Crippen LogP contribution in [0.3, 0.4) is 0 Å². The molecule has 7 heteroatoms. The monoisotopic (exact) mass is 279 g/mol. The lowest BCUT2D eigenvalue weighted by Crippen LogP contribution is -2.18. The Morgan fingerprint density at radius 1 is 1.35 bits per heavy atom. The third kappa shape index (κ3) is 3.55. The van der Waals surface area contributed by atoms with Gasteiger partial charge in [0.15, 0.2) is 0 Å². The lowest BCUT2D eigenvalue weighted by atomic mass is 10.2. The van der Waals surface area contributed by atoms with E-state index in [2.05, 4.69) is 27.5 Å². The van der Waals surface area contributed by atoms with Gasteiger partial charge in [-0.15, -0.1) is 0 Å². The van der Waals surface area contributed by atoms with E-state index in [-0.39, 0.29) is 11.7 Å². The molecular weight excluding hydrogens is 258 g/mol. The molecule has 110 valence electrons. The van der Waals surface area contributed by atoms with Crippen molar-refractivity contribution in [3.63, 3.8) is 0 Å². The number of hydrogen-bond donors (Lipinski definition) is 2. The molecule has 1 fully saturated rings. The van der Waals surface area contributed by atoms with E-state index in [1.54, 1.807) is 0 Å². The Morgan fingerprint density at radius 3 is 2.70 bits per heavy atom. The first-order valence-electron chi connectivity index (χ1n) is 7.22. The van der Waals surface area contributed by atoms with Gasteiger partial charge in [0.25, 0.3) is 0 Å². The Kier molecular flexibility index (Phi) is 5.09. The van der Waals surface area contributed by atoms with E-state index in [1.807, 2.05) is 0 Å². The smallest absolute Gasteiger partial charge is 0.353 e. The van der Waals surface area contributed by atoms with Gasteiger partial charge in [-0.3, -0.25) is 10.1 Å². The molecule has 1 aromatic heterocycles. The largest absolute Gasteiger partial charge is 0.364 e. The van der Waals surface area contributed by atoms with Gasteiger partial charge in [0.2, 0.25) is 11.6 Å². The van der Waals surface area contributed by atoms with Crippen molar-refractivity contribution < 1.29 is 4.92 Å². The first kappa shape index (κ1) is 14.5. The molecule has 0 spiro atoms. The minimum absolute atomic E-state index is 0.0458. The van der Waals surface area contributed by atoms with Crippen molar-refractivity contribution in [1.82, 2.24) is 9.97 Å². The second-order valence-corrected chi connectivity index (χ2v) is 5.08. The van der Waals surface area contributed by atoms with Crippen LogP contribution in [0.4, 0.5) is 17.3 Å². The highest BCUT2D eigenvalue weighted by molar-refractivity contribution is 5.69. The van der Waals surface area contributed by atoms with Gasteiger partial charge in [0, 0.05) is 12.6 Å². The van der Waals surface area contributed by atoms with Crippen LogP contribution in [0.5, 0.6) is 0 Å². The number of nitrogens with one attached hydrogen (secondary N) is 2. The maximum absolute atomic E-state index is 11.3. The Labute approximate surface area is 118 Å². The quantitative estimate of drug-likeness (QED) is 0.453. The summed E-state index contributed by atoms with van der Waals surface area (Å²) in [6, 6.07) is 0.284. The highest BCUT2D eigenvalue weighted by Gasteiger charge is 2.25. The summed E-state index contributed by atoms with van der Waals surface area (Å²) in [4.78, 5) is 18.9. The molecule has 0 saturated heterocycles. The van der Waals surface area contributed by atoms with Gasteiger partial charge < -0.3 is 10.6 Å². The van der Waals surface area contributed by atoms with E-state index >= 15 is 0 Å². The molecule has 0 atom stereocenters. The van der Waals surface area contributed by atoms with Gasteiger partial charge in [-0.25, -0.2) is 9.97 Å². The first-order valence-corrected chi connectivity index (χ1v) is 7.22. The molecule has 1 aliphatic rings. The second kappa shape index (κ2) is 7.02. The highest BCUT2D eigenvalue weighted by Crippen LogP contribution is 2.31. The normalized spacial score (nSPS) is 15.2. The van der Waals surface area contributed by atoms with Crippen LogP contribution in [0.1, 0.15) is 45.4 Å². The zero-order valence-electron chi connectivity index (χ0n) is 11.8. The van der Waals surface area contributed by atoms with Gasteiger partial charge >= 0.3 is 5.69 Å². The Hall–Kier alpha value is -1.92. The molecule has 1 saturated carbocycles. The van der Waals surface area contributed by atoms with Gasteiger partial charge in [0.05, 0.1) is 4.92 Å². The van der Waals surface area contributed by atoms with Crippen LogP contribution in [0.15, 0.2) is 6.33 Å².